The second kappa shape index (κ2) is 5.75. The first-order chi connectivity index (χ1) is 9.45. The molecule has 0 aliphatic carbocycles. The van der Waals surface area contributed by atoms with Crippen molar-refractivity contribution in [2.75, 3.05) is 0 Å². The molecule has 1 heterocycles. The van der Waals surface area contributed by atoms with Crippen molar-refractivity contribution in [2.45, 2.75) is 33.7 Å². The van der Waals surface area contributed by atoms with Crippen molar-refractivity contribution >= 4 is 17.4 Å². The summed E-state index contributed by atoms with van der Waals surface area (Å²) in [5.41, 5.74) is 2.42. The Bertz CT molecular complexity index is 644. The number of Topliss-reactive ketones (excluding diaryl/α,β-unsaturated/α-hetero) is 1. The SMILES string of the molecule is CCC(=O)c1c(C)nn(Cc2c(F)cccc2Cl)c1C. The maximum absolute atomic E-state index is 13.8. The van der Waals surface area contributed by atoms with Crippen LogP contribution in [0.3, 0.4) is 0 Å². The predicted octanol–water partition coefficient (Wildman–Crippen LogP) is 3.93. The average molecular weight is 295 g/mol. The molecule has 20 heavy (non-hydrogen) atoms. The molecule has 0 aliphatic rings. The molecule has 0 N–H and O–H groups in total. The fourth-order valence-corrected chi connectivity index (χ4v) is 2.49. The van der Waals surface area contributed by atoms with E-state index in [4.69, 9.17) is 11.6 Å². The Kier molecular flexibility index (Phi) is 4.23. The maximum atomic E-state index is 13.8. The van der Waals surface area contributed by atoms with Gasteiger partial charge in [-0.25, -0.2) is 4.39 Å². The molecular formula is C15H16ClFN2O. The van der Waals surface area contributed by atoms with Crippen molar-refractivity contribution in [1.29, 1.82) is 0 Å². The molecule has 3 nitrogen and oxygen atoms in total. The van der Waals surface area contributed by atoms with Gasteiger partial charge in [-0.1, -0.05) is 24.6 Å². The number of carbonyl (C=O) groups is 1. The second-order valence-corrected chi connectivity index (χ2v) is 5.09. The smallest absolute Gasteiger partial charge is 0.166 e. The fourth-order valence-electron chi connectivity index (χ4n) is 2.26. The molecule has 0 aliphatic heterocycles. The summed E-state index contributed by atoms with van der Waals surface area (Å²) >= 11 is 6.02. The molecule has 5 heteroatoms. The highest BCUT2D eigenvalue weighted by molar-refractivity contribution is 6.31. The van der Waals surface area contributed by atoms with Gasteiger partial charge in [0.2, 0.25) is 0 Å². The van der Waals surface area contributed by atoms with Crippen LogP contribution in [0.4, 0.5) is 4.39 Å². The third-order valence-corrected chi connectivity index (χ3v) is 3.71. The predicted molar refractivity (Wildman–Crippen MR) is 76.8 cm³/mol. The van der Waals surface area contributed by atoms with Gasteiger partial charge in [0.15, 0.2) is 5.78 Å². The third-order valence-electron chi connectivity index (χ3n) is 3.35. The summed E-state index contributed by atoms with van der Waals surface area (Å²) in [6.45, 7) is 5.63. The van der Waals surface area contributed by atoms with Crippen molar-refractivity contribution in [2.24, 2.45) is 0 Å². The van der Waals surface area contributed by atoms with Crippen LogP contribution in [0.1, 0.15) is 40.7 Å². The zero-order chi connectivity index (χ0) is 14.9. The van der Waals surface area contributed by atoms with Gasteiger partial charge in [-0.3, -0.25) is 9.48 Å². The molecule has 0 amide bonds. The molecule has 0 bridgehead atoms. The van der Waals surface area contributed by atoms with Crippen molar-refractivity contribution in [3.05, 3.63) is 51.6 Å². The fraction of sp³-hybridized carbons (Fsp3) is 0.333. The Morgan fingerprint density at radius 3 is 2.70 bits per heavy atom. The van der Waals surface area contributed by atoms with Gasteiger partial charge in [0.25, 0.3) is 0 Å². The van der Waals surface area contributed by atoms with E-state index in [-0.39, 0.29) is 18.1 Å². The van der Waals surface area contributed by atoms with Crippen LogP contribution in [-0.4, -0.2) is 15.6 Å². The molecule has 0 radical (unpaired) electrons. The van der Waals surface area contributed by atoms with Crippen LogP contribution >= 0.6 is 11.6 Å². The van der Waals surface area contributed by atoms with Crippen LogP contribution in [0.2, 0.25) is 5.02 Å². The quantitative estimate of drug-likeness (QED) is 0.801. The Labute approximate surface area is 122 Å². The number of benzene rings is 1. The number of halogens is 2. The van der Waals surface area contributed by atoms with Gasteiger partial charge < -0.3 is 0 Å². The molecule has 0 saturated carbocycles. The van der Waals surface area contributed by atoms with E-state index in [0.29, 0.717) is 28.3 Å². The van der Waals surface area contributed by atoms with Crippen LogP contribution in [0, 0.1) is 19.7 Å². The summed E-state index contributed by atoms with van der Waals surface area (Å²) in [7, 11) is 0. The first-order valence-electron chi connectivity index (χ1n) is 6.45. The zero-order valence-electron chi connectivity index (χ0n) is 11.7. The van der Waals surface area contributed by atoms with Crippen LogP contribution in [-0.2, 0) is 6.54 Å². The van der Waals surface area contributed by atoms with Crippen molar-refractivity contribution in [1.82, 2.24) is 9.78 Å². The summed E-state index contributed by atoms with van der Waals surface area (Å²) < 4.78 is 15.4. The summed E-state index contributed by atoms with van der Waals surface area (Å²) in [5, 5.41) is 4.69. The molecular weight excluding hydrogens is 279 g/mol. The summed E-state index contributed by atoms with van der Waals surface area (Å²) in [4.78, 5) is 11.9. The first kappa shape index (κ1) is 14.7. The Balaban J connectivity index is 2.43. The molecule has 1 aromatic carbocycles. The van der Waals surface area contributed by atoms with Crippen LogP contribution in [0.5, 0.6) is 0 Å². The van der Waals surface area contributed by atoms with Gasteiger partial charge in [-0.15, -0.1) is 0 Å². The van der Waals surface area contributed by atoms with Gasteiger partial charge in [-0.05, 0) is 26.0 Å². The summed E-state index contributed by atoms with van der Waals surface area (Å²) in [6, 6.07) is 4.57. The van der Waals surface area contributed by atoms with Gasteiger partial charge >= 0.3 is 0 Å². The largest absolute Gasteiger partial charge is 0.294 e. The van der Waals surface area contributed by atoms with E-state index >= 15 is 0 Å². The van der Waals surface area contributed by atoms with Gasteiger partial charge in [0.05, 0.1) is 17.8 Å². The highest BCUT2D eigenvalue weighted by atomic mass is 35.5. The number of rotatable bonds is 4. The highest BCUT2D eigenvalue weighted by Gasteiger charge is 2.18. The lowest BCUT2D eigenvalue weighted by atomic mass is 10.1. The standard InChI is InChI=1S/C15H16ClFN2O/c1-4-14(20)15-9(2)18-19(10(15)3)8-11-12(16)6-5-7-13(11)17/h5-7H,4,8H2,1-3H3. The lowest BCUT2D eigenvalue weighted by molar-refractivity contribution is 0.0987. The minimum absolute atomic E-state index is 0.0471. The Hall–Kier alpha value is -1.68. The third kappa shape index (κ3) is 2.61. The minimum atomic E-state index is -0.367. The van der Waals surface area contributed by atoms with Gasteiger partial charge in [0, 0.05) is 22.7 Å². The van der Waals surface area contributed by atoms with E-state index in [1.54, 1.807) is 23.7 Å². The summed E-state index contributed by atoms with van der Waals surface area (Å²) in [5.74, 6) is -0.320. The number of hydrogen-bond acceptors (Lipinski definition) is 2. The lowest BCUT2D eigenvalue weighted by Crippen LogP contribution is -2.07. The van der Waals surface area contributed by atoms with E-state index in [1.165, 1.54) is 6.07 Å². The van der Waals surface area contributed by atoms with Gasteiger partial charge in [-0.2, -0.15) is 5.10 Å². The molecule has 0 spiro atoms. The number of nitrogens with zero attached hydrogens (tertiary/aromatic N) is 2. The van der Waals surface area contributed by atoms with E-state index in [9.17, 15) is 9.18 Å². The summed E-state index contributed by atoms with van der Waals surface area (Å²) in [6.07, 6.45) is 0.424. The topological polar surface area (TPSA) is 34.9 Å². The van der Waals surface area contributed by atoms with E-state index in [2.05, 4.69) is 5.10 Å². The highest BCUT2D eigenvalue weighted by Crippen LogP contribution is 2.22. The number of hydrogen-bond donors (Lipinski definition) is 0. The maximum Gasteiger partial charge on any atom is 0.166 e. The lowest BCUT2D eigenvalue weighted by Gasteiger charge is -2.08. The molecule has 1 aromatic heterocycles. The second-order valence-electron chi connectivity index (χ2n) is 4.68. The van der Waals surface area contributed by atoms with Crippen LogP contribution in [0.15, 0.2) is 18.2 Å². The zero-order valence-corrected chi connectivity index (χ0v) is 12.5. The molecule has 0 atom stereocenters. The molecule has 2 rings (SSSR count). The normalized spacial score (nSPS) is 10.8. The Morgan fingerprint density at radius 1 is 1.40 bits per heavy atom. The number of ketones is 1. The monoisotopic (exact) mass is 294 g/mol. The average Bonchev–Trinajstić information content (AvgIpc) is 2.68. The molecule has 0 saturated heterocycles. The molecule has 0 fully saturated rings. The number of aromatic nitrogens is 2. The van der Waals surface area contributed by atoms with Crippen molar-refractivity contribution in [3.63, 3.8) is 0 Å². The molecule has 0 unspecified atom stereocenters. The van der Waals surface area contributed by atoms with Crippen molar-refractivity contribution < 1.29 is 9.18 Å². The molecule has 106 valence electrons. The van der Waals surface area contributed by atoms with Gasteiger partial charge in [0.1, 0.15) is 5.82 Å². The number of carbonyl (C=O) groups excluding carboxylic acids is 1. The first-order valence-corrected chi connectivity index (χ1v) is 6.83. The van der Waals surface area contributed by atoms with E-state index < -0.39 is 0 Å². The van der Waals surface area contributed by atoms with Crippen LogP contribution in [0.25, 0.3) is 0 Å². The Morgan fingerprint density at radius 2 is 2.10 bits per heavy atom. The van der Waals surface area contributed by atoms with Crippen LogP contribution < -0.4 is 0 Å². The molecule has 2 aromatic rings. The van der Waals surface area contributed by atoms with Crippen molar-refractivity contribution in [3.8, 4) is 0 Å². The number of aryl methyl sites for hydroxylation is 1. The van der Waals surface area contributed by atoms with E-state index in [1.807, 2.05) is 13.8 Å². The van der Waals surface area contributed by atoms with E-state index in [0.717, 1.165) is 5.69 Å². The minimum Gasteiger partial charge on any atom is -0.294 e.